The van der Waals surface area contributed by atoms with Crippen LogP contribution in [0.2, 0.25) is 0 Å². The van der Waals surface area contributed by atoms with E-state index in [1.807, 2.05) is 24.1 Å². The van der Waals surface area contributed by atoms with Crippen molar-refractivity contribution in [2.75, 3.05) is 32.0 Å². The molecule has 1 aliphatic carbocycles. The van der Waals surface area contributed by atoms with Crippen LogP contribution >= 0.6 is 0 Å². The van der Waals surface area contributed by atoms with Gasteiger partial charge in [-0.1, -0.05) is 12.1 Å². The molecule has 2 aliphatic heterocycles. The van der Waals surface area contributed by atoms with Crippen molar-refractivity contribution in [3.63, 3.8) is 0 Å². The highest BCUT2D eigenvalue weighted by Gasteiger charge is 2.41. The first kappa shape index (κ1) is 14.7. The fraction of sp³-hybridized carbons (Fsp3) is 0.556. The summed E-state index contributed by atoms with van der Waals surface area (Å²) in [6, 6.07) is 8.42. The minimum absolute atomic E-state index is 0.0264. The number of carbonyl (C=O) groups excluding carboxylic acids is 2. The lowest BCUT2D eigenvalue weighted by molar-refractivity contribution is -0.132. The number of carbonyl (C=O) groups is 2. The van der Waals surface area contributed by atoms with Crippen LogP contribution in [-0.4, -0.2) is 54.3 Å². The molecule has 1 aromatic carbocycles. The number of likely N-dealkylation sites (N-methyl/N-ethyl adjacent to an activating group) is 1. The fourth-order valence-electron chi connectivity index (χ4n) is 3.65. The zero-order valence-electron chi connectivity index (χ0n) is 13.5. The lowest BCUT2D eigenvalue weighted by Gasteiger charge is -2.42. The van der Waals surface area contributed by atoms with Gasteiger partial charge in [-0.05, 0) is 43.5 Å². The average Bonchev–Trinajstić information content (AvgIpc) is 3.28. The molecule has 2 heterocycles. The highest BCUT2D eigenvalue weighted by atomic mass is 16.2. The second kappa shape index (κ2) is 5.64. The number of nitrogens with zero attached hydrogens (tertiary/aromatic N) is 2. The molecule has 0 radical (unpaired) electrons. The summed E-state index contributed by atoms with van der Waals surface area (Å²) in [5.74, 6) is 0.542. The molecule has 3 fully saturated rings. The number of hydrogen-bond donors (Lipinski definition) is 1. The Morgan fingerprint density at radius 3 is 2.70 bits per heavy atom. The van der Waals surface area contributed by atoms with E-state index in [2.05, 4.69) is 22.3 Å². The summed E-state index contributed by atoms with van der Waals surface area (Å²) in [6.07, 6.45) is 2.84. The molecule has 5 nitrogen and oxygen atoms in total. The summed E-state index contributed by atoms with van der Waals surface area (Å²) in [5.41, 5.74) is 2.16. The number of hydrogen-bond acceptors (Lipinski definition) is 3. The lowest BCUT2D eigenvalue weighted by atomic mass is 10.1. The summed E-state index contributed by atoms with van der Waals surface area (Å²) in [5, 5.41) is 3.00. The van der Waals surface area contributed by atoms with Gasteiger partial charge in [0.2, 0.25) is 11.8 Å². The number of likely N-dealkylation sites (tertiary alicyclic amines) is 2. The third-order valence-corrected chi connectivity index (χ3v) is 5.22. The smallest absolute Gasteiger partial charge is 0.229 e. The van der Waals surface area contributed by atoms with Gasteiger partial charge in [0.1, 0.15) is 0 Å². The molecule has 5 heteroatoms. The van der Waals surface area contributed by atoms with Crippen molar-refractivity contribution in [1.82, 2.24) is 9.80 Å². The first-order chi connectivity index (χ1) is 11.1. The van der Waals surface area contributed by atoms with Gasteiger partial charge in [-0.2, -0.15) is 0 Å². The quantitative estimate of drug-likeness (QED) is 0.920. The molecule has 1 unspecified atom stereocenters. The van der Waals surface area contributed by atoms with E-state index in [1.54, 1.807) is 0 Å². The van der Waals surface area contributed by atoms with Gasteiger partial charge in [-0.15, -0.1) is 0 Å². The van der Waals surface area contributed by atoms with Crippen molar-refractivity contribution in [2.24, 2.45) is 5.92 Å². The Kier molecular flexibility index (Phi) is 3.60. The molecule has 23 heavy (non-hydrogen) atoms. The van der Waals surface area contributed by atoms with Gasteiger partial charge in [0.15, 0.2) is 0 Å². The average molecular weight is 313 g/mol. The molecule has 3 aliphatic rings. The minimum Gasteiger partial charge on any atom is -0.336 e. The van der Waals surface area contributed by atoms with Crippen LogP contribution in [0, 0.1) is 5.92 Å². The van der Waals surface area contributed by atoms with Crippen LogP contribution in [0.1, 0.15) is 30.7 Å². The van der Waals surface area contributed by atoms with E-state index in [0.717, 1.165) is 18.8 Å². The lowest BCUT2D eigenvalue weighted by Crippen LogP contribution is -2.58. The maximum atomic E-state index is 12.5. The normalized spacial score (nSPS) is 25.5. The predicted octanol–water partition coefficient (Wildman–Crippen LogP) is 1.66. The Labute approximate surface area is 136 Å². The highest BCUT2D eigenvalue weighted by Crippen LogP contribution is 2.40. The van der Waals surface area contributed by atoms with Crippen LogP contribution in [0.5, 0.6) is 0 Å². The van der Waals surface area contributed by atoms with Gasteiger partial charge < -0.3 is 15.1 Å². The van der Waals surface area contributed by atoms with Gasteiger partial charge in [0.05, 0.1) is 12.0 Å². The van der Waals surface area contributed by atoms with Crippen molar-refractivity contribution in [2.45, 2.75) is 31.2 Å². The predicted molar refractivity (Wildman–Crippen MR) is 88.2 cm³/mol. The van der Waals surface area contributed by atoms with Gasteiger partial charge in [-0.3, -0.25) is 9.59 Å². The second-order valence-electron chi connectivity index (χ2n) is 7.21. The molecule has 0 spiro atoms. The number of amides is 2. The minimum atomic E-state index is -0.224. The van der Waals surface area contributed by atoms with E-state index in [4.69, 9.17) is 0 Å². The zero-order chi connectivity index (χ0) is 16.0. The molecule has 2 saturated heterocycles. The van der Waals surface area contributed by atoms with Gasteiger partial charge in [-0.25, -0.2) is 0 Å². The number of anilines is 1. The van der Waals surface area contributed by atoms with E-state index in [9.17, 15) is 9.59 Å². The molecule has 1 saturated carbocycles. The molecule has 4 rings (SSSR count). The molecule has 0 aromatic heterocycles. The van der Waals surface area contributed by atoms with Crippen LogP contribution in [0.25, 0.3) is 0 Å². The second-order valence-corrected chi connectivity index (χ2v) is 7.21. The molecule has 1 N–H and O–H groups in total. The zero-order valence-corrected chi connectivity index (χ0v) is 13.5. The fourth-order valence-corrected chi connectivity index (χ4v) is 3.65. The first-order valence-corrected chi connectivity index (χ1v) is 8.49. The van der Waals surface area contributed by atoms with Crippen molar-refractivity contribution >= 4 is 17.5 Å². The molecule has 1 aromatic rings. The van der Waals surface area contributed by atoms with Crippen molar-refractivity contribution in [3.05, 3.63) is 29.8 Å². The van der Waals surface area contributed by atoms with Crippen molar-refractivity contribution < 1.29 is 9.59 Å². The number of nitrogens with one attached hydrogen (secondary N) is 1. The van der Waals surface area contributed by atoms with E-state index in [1.165, 1.54) is 18.4 Å². The maximum absolute atomic E-state index is 12.5. The van der Waals surface area contributed by atoms with Crippen LogP contribution in [0.15, 0.2) is 24.3 Å². The largest absolute Gasteiger partial charge is 0.336 e. The van der Waals surface area contributed by atoms with E-state index in [0.29, 0.717) is 24.9 Å². The summed E-state index contributed by atoms with van der Waals surface area (Å²) in [6.45, 7) is 2.40. The molecular weight excluding hydrogens is 290 g/mol. The first-order valence-electron chi connectivity index (χ1n) is 8.49. The topological polar surface area (TPSA) is 52.6 Å². The Morgan fingerprint density at radius 1 is 1.22 bits per heavy atom. The Hall–Kier alpha value is -1.88. The number of benzene rings is 1. The molecular formula is C18H23N3O2. The monoisotopic (exact) mass is 313 g/mol. The van der Waals surface area contributed by atoms with E-state index in [-0.39, 0.29) is 17.7 Å². The van der Waals surface area contributed by atoms with Crippen molar-refractivity contribution in [1.29, 1.82) is 0 Å². The SMILES string of the molecule is CN1CC(N2CC(C(=O)Nc3cccc(C4CC4)c3)CC2=O)C1. The highest BCUT2D eigenvalue weighted by molar-refractivity contribution is 5.97. The van der Waals surface area contributed by atoms with Crippen molar-refractivity contribution in [3.8, 4) is 0 Å². The van der Waals surface area contributed by atoms with Gasteiger partial charge in [0.25, 0.3) is 0 Å². The Bertz CT molecular complexity index is 635. The van der Waals surface area contributed by atoms with Crippen LogP contribution in [0.3, 0.4) is 0 Å². The van der Waals surface area contributed by atoms with E-state index < -0.39 is 0 Å². The summed E-state index contributed by atoms with van der Waals surface area (Å²) in [7, 11) is 2.05. The summed E-state index contributed by atoms with van der Waals surface area (Å²) in [4.78, 5) is 28.7. The molecule has 0 bridgehead atoms. The van der Waals surface area contributed by atoms with Crippen LogP contribution in [0.4, 0.5) is 5.69 Å². The Morgan fingerprint density at radius 2 is 2.00 bits per heavy atom. The summed E-state index contributed by atoms with van der Waals surface area (Å²) < 4.78 is 0. The van der Waals surface area contributed by atoms with E-state index >= 15 is 0 Å². The van der Waals surface area contributed by atoms with Crippen LogP contribution in [-0.2, 0) is 9.59 Å². The standard InChI is InChI=1S/C18H23N3O2/c1-20-10-16(11-20)21-9-14(8-17(21)22)18(23)19-15-4-2-3-13(7-15)12-5-6-12/h2-4,7,12,14,16H,5-6,8-11H2,1H3,(H,19,23). The number of rotatable bonds is 4. The van der Waals surface area contributed by atoms with Crippen LogP contribution < -0.4 is 5.32 Å². The third-order valence-electron chi connectivity index (χ3n) is 5.22. The van der Waals surface area contributed by atoms with Gasteiger partial charge >= 0.3 is 0 Å². The van der Waals surface area contributed by atoms with Gasteiger partial charge in [0, 0.05) is 31.7 Å². The molecule has 2 amide bonds. The molecule has 122 valence electrons. The maximum Gasteiger partial charge on any atom is 0.229 e. The Balaban J connectivity index is 1.37. The third kappa shape index (κ3) is 2.98. The summed E-state index contributed by atoms with van der Waals surface area (Å²) >= 11 is 0. The molecule has 1 atom stereocenters.